The number of benzene rings is 2. The summed E-state index contributed by atoms with van der Waals surface area (Å²) in [5, 5.41) is 18.2. The molecule has 2 aromatic carbocycles. The van der Waals surface area contributed by atoms with Gasteiger partial charge in [0.1, 0.15) is 0 Å². The molecule has 1 saturated heterocycles. The molecular weight excluding hydrogens is 383 g/mol. The number of halogens is 3. The zero-order chi connectivity index (χ0) is 19.8. The molecule has 0 radical (unpaired) electrons. The summed E-state index contributed by atoms with van der Waals surface area (Å²) in [6.07, 6.45) is -3.30. The molecule has 0 aromatic heterocycles. The maximum absolute atomic E-state index is 13.2. The molecule has 0 bridgehead atoms. The van der Waals surface area contributed by atoms with Gasteiger partial charge in [0.25, 0.3) is 11.6 Å². The lowest BCUT2D eigenvalue weighted by molar-refractivity contribution is -0.384. The van der Waals surface area contributed by atoms with E-state index in [4.69, 9.17) is 5.41 Å². The number of amides is 1. The lowest BCUT2D eigenvalue weighted by atomic mass is 10.1. The average molecular weight is 393 g/mol. The number of amidine groups is 1. The van der Waals surface area contributed by atoms with E-state index in [1.54, 1.807) is 0 Å². The van der Waals surface area contributed by atoms with Gasteiger partial charge in [0.05, 0.1) is 21.1 Å². The van der Waals surface area contributed by atoms with E-state index in [-0.39, 0.29) is 15.8 Å². The summed E-state index contributed by atoms with van der Waals surface area (Å²) in [4.78, 5) is 23.4. The van der Waals surface area contributed by atoms with Crippen LogP contribution in [0.2, 0.25) is 0 Å². The van der Waals surface area contributed by atoms with E-state index < -0.39 is 28.3 Å². The molecule has 1 amide bonds. The van der Waals surface area contributed by atoms with Crippen LogP contribution in [0.1, 0.15) is 11.1 Å². The second-order valence-electron chi connectivity index (χ2n) is 5.42. The van der Waals surface area contributed by atoms with E-state index in [0.717, 1.165) is 23.9 Å². The highest BCUT2D eigenvalue weighted by Gasteiger charge is 2.40. The first-order chi connectivity index (χ1) is 12.7. The molecule has 1 N–H and O–H groups in total. The first-order valence-corrected chi connectivity index (χ1v) is 8.23. The fourth-order valence-electron chi connectivity index (χ4n) is 2.46. The van der Waals surface area contributed by atoms with Gasteiger partial charge in [-0.2, -0.15) is 13.2 Å². The Kier molecular flexibility index (Phi) is 4.75. The van der Waals surface area contributed by atoms with Crippen molar-refractivity contribution >= 4 is 40.3 Å². The number of carbonyl (C=O) groups excluding carboxylic acids is 1. The van der Waals surface area contributed by atoms with Crippen molar-refractivity contribution in [3.63, 3.8) is 0 Å². The molecule has 1 heterocycles. The van der Waals surface area contributed by atoms with Gasteiger partial charge in [0.2, 0.25) is 0 Å². The SMILES string of the molecule is N=C1S/C(=C\c2ccc([N+](=O)[O-])cc2)C(=O)N1c1ccccc1C(F)(F)F. The molecule has 0 aliphatic carbocycles. The minimum absolute atomic E-state index is 0.0471. The molecule has 1 aliphatic heterocycles. The lowest BCUT2D eigenvalue weighted by Crippen LogP contribution is -2.30. The number of hydrogen-bond acceptors (Lipinski definition) is 5. The fourth-order valence-corrected chi connectivity index (χ4v) is 3.31. The maximum atomic E-state index is 13.2. The van der Waals surface area contributed by atoms with Gasteiger partial charge in [-0.05, 0) is 47.7 Å². The van der Waals surface area contributed by atoms with E-state index in [1.807, 2.05) is 0 Å². The first kappa shape index (κ1) is 18.6. The third kappa shape index (κ3) is 3.70. The van der Waals surface area contributed by atoms with Gasteiger partial charge in [0.15, 0.2) is 5.17 Å². The molecule has 6 nitrogen and oxygen atoms in total. The Balaban J connectivity index is 1.96. The molecule has 2 aromatic rings. The number of para-hydroxylation sites is 1. The highest BCUT2D eigenvalue weighted by molar-refractivity contribution is 8.19. The van der Waals surface area contributed by atoms with Crippen LogP contribution in [-0.4, -0.2) is 16.0 Å². The summed E-state index contributed by atoms with van der Waals surface area (Å²) in [7, 11) is 0. The normalized spacial score (nSPS) is 16.3. The van der Waals surface area contributed by atoms with Gasteiger partial charge in [0, 0.05) is 12.1 Å². The number of nitrogens with one attached hydrogen (secondary N) is 1. The van der Waals surface area contributed by atoms with Gasteiger partial charge >= 0.3 is 6.18 Å². The molecule has 3 rings (SSSR count). The summed E-state index contributed by atoms with van der Waals surface area (Å²) in [5.41, 5.74) is -1.11. The second-order valence-corrected chi connectivity index (χ2v) is 6.45. The van der Waals surface area contributed by atoms with Crippen molar-refractivity contribution in [3.8, 4) is 0 Å². The van der Waals surface area contributed by atoms with Crippen LogP contribution in [0.4, 0.5) is 24.5 Å². The van der Waals surface area contributed by atoms with Gasteiger partial charge < -0.3 is 0 Å². The minimum Gasteiger partial charge on any atom is -0.278 e. The number of thioether (sulfide) groups is 1. The molecule has 1 fully saturated rings. The molecule has 10 heteroatoms. The van der Waals surface area contributed by atoms with Crippen LogP contribution >= 0.6 is 11.8 Å². The molecule has 0 atom stereocenters. The number of hydrogen-bond donors (Lipinski definition) is 1. The molecule has 138 valence electrons. The summed E-state index contributed by atoms with van der Waals surface area (Å²) in [5.74, 6) is -0.764. The first-order valence-electron chi connectivity index (χ1n) is 7.41. The topological polar surface area (TPSA) is 87.3 Å². The third-order valence-corrected chi connectivity index (χ3v) is 4.56. The van der Waals surface area contributed by atoms with Crippen LogP contribution in [0.3, 0.4) is 0 Å². The van der Waals surface area contributed by atoms with E-state index in [1.165, 1.54) is 42.5 Å². The quantitative estimate of drug-likeness (QED) is 0.466. The van der Waals surface area contributed by atoms with Crippen molar-refractivity contribution in [2.45, 2.75) is 6.18 Å². The van der Waals surface area contributed by atoms with Gasteiger partial charge in [-0.3, -0.25) is 25.2 Å². The van der Waals surface area contributed by atoms with E-state index in [2.05, 4.69) is 0 Å². The summed E-state index contributed by atoms with van der Waals surface area (Å²) < 4.78 is 39.7. The highest BCUT2D eigenvalue weighted by Crippen LogP contribution is 2.41. The van der Waals surface area contributed by atoms with Crippen LogP contribution in [0.25, 0.3) is 6.08 Å². The van der Waals surface area contributed by atoms with Gasteiger partial charge in [-0.25, -0.2) is 0 Å². The second kappa shape index (κ2) is 6.88. The number of anilines is 1. The van der Waals surface area contributed by atoms with Crippen molar-refractivity contribution in [3.05, 3.63) is 74.7 Å². The Labute approximate surface area is 154 Å². The Morgan fingerprint density at radius 3 is 2.33 bits per heavy atom. The van der Waals surface area contributed by atoms with Crippen LogP contribution in [0.5, 0.6) is 0 Å². The zero-order valence-corrected chi connectivity index (χ0v) is 14.2. The Morgan fingerprint density at radius 2 is 1.74 bits per heavy atom. The smallest absolute Gasteiger partial charge is 0.278 e. The fraction of sp³-hybridized carbons (Fsp3) is 0.0588. The third-order valence-electron chi connectivity index (χ3n) is 3.68. The average Bonchev–Trinajstić information content (AvgIpc) is 2.88. The number of nitrogens with zero attached hydrogens (tertiary/aromatic N) is 2. The van der Waals surface area contributed by atoms with Crippen LogP contribution in [0.15, 0.2) is 53.4 Å². The minimum atomic E-state index is -4.67. The summed E-state index contributed by atoms with van der Waals surface area (Å²) >= 11 is 0.721. The van der Waals surface area contributed by atoms with Crippen molar-refractivity contribution in [2.75, 3.05) is 4.90 Å². The molecule has 0 spiro atoms. The lowest BCUT2D eigenvalue weighted by Gasteiger charge is -2.19. The van der Waals surface area contributed by atoms with Crippen molar-refractivity contribution in [1.82, 2.24) is 0 Å². The summed E-state index contributed by atoms with van der Waals surface area (Å²) in [6, 6.07) is 9.86. The Bertz CT molecular complexity index is 971. The molecule has 0 unspecified atom stereocenters. The number of rotatable bonds is 3. The standard InChI is InChI=1S/C17H10F3N3O3S/c18-17(19,20)12-3-1-2-4-13(12)22-15(24)14(27-16(22)21)9-10-5-7-11(8-6-10)23(25)26/h1-9,21H/b14-9-,21-16?. The largest absolute Gasteiger partial charge is 0.418 e. The Morgan fingerprint density at radius 1 is 1.11 bits per heavy atom. The monoisotopic (exact) mass is 393 g/mol. The van der Waals surface area contributed by atoms with Crippen LogP contribution in [0, 0.1) is 15.5 Å². The summed E-state index contributed by atoms with van der Waals surface area (Å²) in [6.45, 7) is 0. The predicted molar refractivity (Wildman–Crippen MR) is 95.3 cm³/mol. The highest BCUT2D eigenvalue weighted by atomic mass is 32.2. The molecule has 27 heavy (non-hydrogen) atoms. The maximum Gasteiger partial charge on any atom is 0.418 e. The van der Waals surface area contributed by atoms with E-state index >= 15 is 0 Å². The number of nitro groups is 1. The number of alkyl halides is 3. The van der Waals surface area contributed by atoms with Crippen molar-refractivity contribution < 1.29 is 22.9 Å². The number of carbonyl (C=O) groups is 1. The van der Waals surface area contributed by atoms with Crippen molar-refractivity contribution in [1.29, 1.82) is 5.41 Å². The predicted octanol–water partition coefficient (Wildman–Crippen LogP) is 4.67. The zero-order valence-electron chi connectivity index (χ0n) is 13.4. The number of nitro benzene ring substituents is 1. The van der Waals surface area contributed by atoms with E-state index in [0.29, 0.717) is 10.5 Å². The Hall–Kier alpha value is -3.14. The van der Waals surface area contributed by atoms with Crippen LogP contribution < -0.4 is 4.90 Å². The van der Waals surface area contributed by atoms with Gasteiger partial charge in [-0.15, -0.1) is 0 Å². The molecular formula is C17H10F3N3O3S. The molecule has 0 saturated carbocycles. The van der Waals surface area contributed by atoms with E-state index in [9.17, 15) is 28.1 Å². The van der Waals surface area contributed by atoms with Crippen LogP contribution in [-0.2, 0) is 11.0 Å². The molecule has 1 aliphatic rings. The number of non-ortho nitro benzene ring substituents is 1. The van der Waals surface area contributed by atoms with Gasteiger partial charge in [-0.1, -0.05) is 12.1 Å². The van der Waals surface area contributed by atoms with Crippen molar-refractivity contribution in [2.24, 2.45) is 0 Å².